The Morgan fingerprint density at radius 3 is 1.74 bits per heavy atom. The van der Waals surface area contributed by atoms with Crippen LogP contribution in [0.3, 0.4) is 0 Å². The molecule has 0 aliphatic heterocycles. The second-order valence-electron chi connectivity index (χ2n) is 13.5. The topological polar surface area (TPSA) is 44.8 Å². The molecule has 0 aromatic heterocycles. The lowest BCUT2D eigenvalue weighted by molar-refractivity contribution is -0.281. The molecule has 8 aliphatic carbocycles. The Kier molecular flexibility index (Phi) is 4.70. The van der Waals surface area contributed by atoms with Crippen molar-refractivity contribution in [1.82, 2.24) is 0 Å². The summed E-state index contributed by atoms with van der Waals surface area (Å²) in [5.41, 5.74) is -0.734. The quantitative estimate of drug-likeness (QED) is 0.366. The van der Waals surface area contributed by atoms with Crippen molar-refractivity contribution in [3.8, 4) is 0 Å². The van der Waals surface area contributed by atoms with E-state index < -0.39 is 5.41 Å². The van der Waals surface area contributed by atoms with Crippen LogP contribution in [0.4, 0.5) is 0 Å². The molecule has 0 spiro atoms. The number of ether oxygens (including phenoxy) is 3. The van der Waals surface area contributed by atoms with Crippen molar-refractivity contribution < 1.29 is 19.0 Å². The van der Waals surface area contributed by atoms with E-state index in [1.807, 2.05) is 13.8 Å². The highest BCUT2D eigenvalue weighted by atomic mass is 16.7. The maximum atomic E-state index is 13.0. The summed E-state index contributed by atoms with van der Waals surface area (Å²) in [6.07, 6.45) is 15.4. The first kappa shape index (κ1) is 21.0. The van der Waals surface area contributed by atoms with E-state index in [-0.39, 0.29) is 22.8 Å². The van der Waals surface area contributed by atoms with Gasteiger partial charge in [0.25, 0.3) is 0 Å². The summed E-state index contributed by atoms with van der Waals surface area (Å²) in [6.45, 7) is 6.55. The van der Waals surface area contributed by atoms with Gasteiger partial charge in [0.2, 0.25) is 0 Å². The standard InChI is InChI=1S/C27H42O4/c1-4-24(2,3)23(28)31-27-14-21-8-22(15-27)13-26(12-21,16-27)30-17-29-25-9-18-5-19(10-25)7-20(6-18)11-25/h18-22H,4-17H2,1-3H3. The zero-order valence-electron chi connectivity index (χ0n) is 19.9. The largest absolute Gasteiger partial charge is 0.459 e. The highest BCUT2D eigenvalue weighted by Crippen LogP contribution is 2.61. The van der Waals surface area contributed by atoms with E-state index in [1.54, 1.807) is 0 Å². The van der Waals surface area contributed by atoms with E-state index in [4.69, 9.17) is 14.2 Å². The van der Waals surface area contributed by atoms with E-state index in [1.165, 1.54) is 44.9 Å². The maximum absolute atomic E-state index is 13.0. The Labute approximate surface area is 188 Å². The van der Waals surface area contributed by atoms with Crippen molar-refractivity contribution in [3.63, 3.8) is 0 Å². The van der Waals surface area contributed by atoms with Gasteiger partial charge in [0.1, 0.15) is 12.4 Å². The second kappa shape index (κ2) is 6.95. The van der Waals surface area contributed by atoms with Crippen LogP contribution in [0.1, 0.15) is 104 Å². The molecule has 2 atom stereocenters. The summed E-state index contributed by atoms with van der Waals surface area (Å²) >= 11 is 0. The van der Waals surface area contributed by atoms with Gasteiger partial charge in [-0.1, -0.05) is 6.92 Å². The summed E-state index contributed by atoms with van der Waals surface area (Å²) in [5, 5.41) is 0. The van der Waals surface area contributed by atoms with Crippen LogP contribution in [0.2, 0.25) is 0 Å². The van der Waals surface area contributed by atoms with E-state index in [0.717, 1.165) is 56.3 Å². The van der Waals surface area contributed by atoms with E-state index in [0.29, 0.717) is 18.6 Å². The fraction of sp³-hybridized carbons (Fsp3) is 0.963. The zero-order chi connectivity index (χ0) is 21.5. The van der Waals surface area contributed by atoms with Crippen molar-refractivity contribution in [2.75, 3.05) is 6.79 Å². The third-order valence-corrected chi connectivity index (χ3v) is 10.4. The molecule has 31 heavy (non-hydrogen) atoms. The van der Waals surface area contributed by atoms with Crippen LogP contribution in [0.5, 0.6) is 0 Å². The molecule has 8 fully saturated rings. The molecule has 8 aliphatic rings. The van der Waals surface area contributed by atoms with Gasteiger partial charge in [0.15, 0.2) is 0 Å². The molecular formula is C27H42O4. The second-order valence-corrected chi connectivity index (χ2v) is 13.5. The van der Waals surface area contributed by atoms with Gasteiger partial charge in [-0.25, -0.2) is 0 Å². The van der Waals surface area contributed by atoms with Gasteiger partial charge in [-0.2, -0.15) is 0 Å². The molecule has 4 heteroatoms. The number of rotatable bonds is 7. The highest BCUT2D eigenvalue weighted by molar-refractivity contribution is 5.76. The van der Waals surface area contributed by atoms with Gasteiger partial charge < -0.3 is 14.2 Å². The molecule has 174 valence electrons. The lowest BCUT2D eigenvalue weighted by atomic mass is 9.52. The third kappa shape index (κ3) is 3.59. The molecule has 0 amide bonds. The molecule has 2 unspecified atom stereocenters. The summed E-state index contributed by atoms with van der Waals surface area (Å²) in [4.78, 5) is 13.0. The fourth-order valence-corrected chi connectivity index (χ4v) is 9.35. The Hall–Kier alpha value is -0.610. The molecule has 8 bridgehead atoms. The van der Waals surface area contributed by atoms with E-state index in [9.17, 15) is 4.79 Å². The van der Waals surface area contributed by atoms with Crippen LogP contribution in [0, 0.1) is 35.0 Å². The minimum atomic E-state index is -0.404. The number of carbonyl (C=O) groups excluding carboxylic acids is 1. The molecule has 0 N–H and O–H groups in total. The first-order valence-corrected chi connectivity index (χ1v) is 13.2. The Morgan fingerprint density at radius 2 is 1.19 bits per heavy atom. The minimum Gasteiger partial charge on any atom is -0.459 e. The lowest BCUT2D eigenvalue weighted by Crippen LogP contribution is -2.62. The van der Waals surface area contributed by atoms with Crippen molar-refractivity contribution in [1.29, 1.82) is 0 Å². The summed E-state index contributed by atoms with van der Waals surface area (Å²) in [6, 6.07) is 0. The monoisotopic (exact) mass is 430 g/mol. The van der Waals surface area contributed by atoms with Crippen molar-refractivity contribution >= 4 is 5.97 Å². The van der Waals surface area contributed by atoms with Gasteiger partial charge in [-0.3, -0.25) is 4.79 Å². The fourth-order valence-electron chi connectivity index (χ4n) is 9.35. The first-order chi connectivity index (χ1) is 14.7. The molecule has 0 saturated heterocycles. The number of carbonyl (C=O) groups is 1. The Balaban J connectivity index is 1.13. The Bertz CT molecular complexity index is 690. The normalized spacial score (nSPS) is 49.6. The van der Waals surface area contributed by atoms with Gasteiger partial charge in [-0.05, 0) is 120 Å². The van der Waals surface area contributed by atoms with Crippen LogP contribution < -0.4 is 0 Å². The molecule has 8 saturated carbocycles. The van der Waals surface area contributed by atoms with Gasteiger partial charge in [0.05, 0.1) is 16.6 Å². The van der Waals surface area contributed by atoms with Gasteiger partial charge in [-0.15, -0.1) is 0 Å². The van der Waals surface area contributed by atoms with Crippen LogP contribution in [-0.4, -0.2) is 29.6 Å². The summed E-state index contributed by atoms with van der Waals surface area (Å²) in [5.74, 6) is 3.95. The van der Waals surface area contributed by atoms with E-state index >= 15 is 0 Å². The van der Waals surface area contributed by atoms with Crippen LogP contribution >= 0.6 is 0 Å². The van der Waals surface area contributed by atoms with Crippen molar-refractivity contribution in [2.45, 2.75) is 121 Å². The molecule has 4 nitrogen and oxygen atoms in total. The smallest absolute Gasteiger partial charge is 0.312 e. The third-order valence-electron chi connectivity index (χ3n) is 10.4. The first-order valence-electron chi connectivity index (χ1n) is 13.2. The number of esters is 1. The van der Waals surface area contributed by atoms with E-state index in [2.05, 4.69) is 6.92 Å². The highest BCUT2D eigenvalue weighted by Gasteiger charge is 2.61. The molecule has 0 aromatic carbocycles. The SMILES string of the molecule is CCC(C)(C)C(=O)OC12CC3CC(CC(OCOC45CC6CC(CC(C6)C4)C5)(C3)C1)C2. The van der Waals surface area contributed by atoms with Gasteiger partial charge in [0, 0.05) is 6.42 Å². The lowest BCUT2D eigenvalue weighted by Gasteiger charge is -2.61. The van der Waals surface area contributed by atoms with Crippen LogP contribution in [0.15, 0.2) is 0 Å². The minimum absolute atomic E-state index is 0.0167. The summed E-state index contributed by atoms with van der Waals surface area (Å²) in [7, 11) is 0. The predicted molar refractivity (Wildman–Crippen MR) is 118 cm³/mol. The maximum Gasteiger partial charge on any atom is 0.312 e. The van der Waals surface area contributed by atoms with Gasteiger partial charge >= 0.3 is 5.97 Å². The van der Waals surface area contributed by atoms with Crippen LogP contribution in [0.25, 0.3) is 0 Å². The average Bonchev–Trinajstić information content (AvgIpc) is 2.65. The number of hydrogen-bond acceptors (Lipinski definition) is 4. The molecule has 8 rings (SSSR count). The Morgan fingerprint density at radius 1 is 0.742 bits per heavy atom. The molecule has 0 radical (unpaired) electrons. The molecule has 0 aromatic rings. The number of hydrogen-bond donors (Lipinski definition) is 0. The zero-order valence-corrected chi connectivity index (χ0v) is 19.9. The average molecular weight is 431 g/mol. The predicted octanol–water partition coefficient (Wildman–Crippen LogP) is 6.02. The van der Waals surface area contributed by atoms with Crippen LogP contribution in [-0.2, 0) is 19.0 Å². The van der Waals surface area contributed by atoms with Crippen molar-refractivity contribution in [3.05, 3.63) is 0 Å². The molecular weight excluding hydrogens is 388 g/mol. The molecule has 0 heterocycles. The van der Waals surface area contributed by atoms with Crippen molar-refractivity contribution in [2.24, 2.45) is 35.0 Å². The summed E-state index contributed by atoms with van der Waals surface area (Å²) < 4.78 is 19.7.